The van der Waals surface area contributed by atoms with Gasteiger partial charge in [0.2, 0.25) is 0 Å². The Morgan fingerprint density at radius 3 is 2.89 bits per heavy atom. The van der Waals surface area contributed by atoms with Crippen LogP contribution in [0, 0.1) is 0 Å². The van der Waals surface area contributed by atoms with Crippen molar-refractivity contribution in [1.29, 1.82) is 0 Å². The van der Waals surface area contributed by atoms with Gasteiger partial charge in [0.05, 0.1) is 25.3 Å². The molecule has 0 aliphatic carbocycles. The number of furan rings is 1. The van der Waals surface area contributed by atoms with Crippen molar-refractivity contribution >= 4 is 18.1 Å². The van der Waals surface area contributed by atoms with Gasteiger partial charge in [-0.25, -0.2) is 4.79 Å². The molecule has 1 rings (SSSR count). The van der Waals surface area contributed by atoms with E-state index in [1.807, 2.05) is 0 Å². The van der Waals surface area contributed by atoms with Gasteiger partial charge in [-0.1, -0.05) is 0 Å². The third-order valence-electron chi connectivity index (χ3n) is 1.75. The standard InChI is InChI=1S/C12H18N4O3/c1-12(2,3)19-11(17)14-7-10(13)16-15-6-9-4-5-18-8-9/h4-6,8H,7H2,1-3H3,(H2,13,16)(H,14,17)/b15-6+. The summed E-state index contributed by atoms with van der Waals surface area (Å²) in [7, 11) is 0. The van der Waals surface area contributed by atoms with Crippen LogP contribution in [0.2, 0.25) is 0 Å². The Hall–Kier alpha value is -2.31. The second-order valence-corrected chi connectivity index (χ2v) is 4.75. The van der Waals surface area contributed by atoms with E-state index in [0.717, 1.165) is 5.56 Å². The van der Waals surface area contributed by atoms with Gasteiger partial charge in [0.1, 0.15) is 11.4 Å². The molecule has 0 radical (unpaired) electrons. The maximum absolute atomic E-state index is 11.3. The lowest BCUT2D eigenvalue weighted by Gasteiger charge is -2.19. The number of nitrogens with one attached hydrogen (secondary N) is 1. The second kappa shape index (κ2) is 6.58. The quantitative estimate of drug-likeness (QED) is 0.489. The van der Waals surface area contributed by atoms with Crippen molar-refractivity contribution in [2.24, 2.45) is 15.9 Å². The van der Waals surface area contributed by atoms with E-state index in [2.05, 4.69) is 15.5 Å². The van der Waals surface area contributed by atoms with Crippen LogP contribution in [-0.2, 0) is 4.74 Å². The van der Waals surface area contributed by atoms with E-state index in [1.54, 1.807) is 26.8 Å². The summed E-state index contributed by atoms with van der Waals surface area (Å²) >= 11 is 0. The molecule has 7 heteroatoms. The zero-order valence-electron chi connectivity index (χ0n) is 11.2. The fraction of sp³-hybridized carbons (Fsp3) is 0.417. The Balaban J connectivity index is 2.34. The first-order valence-corrected chi connectivity index (χ1v) is 5.71. The van der Waals surface area contributed by atoms with Crippen LogP contribution in [0.5, 0.6) is 0 Å². The smallest absolute Gasteiger partial charge is 0.408 e. The highest BCUT2D eigenvalue weighted by Crippen LogP contribution is 2.05. The van der Waals surface area contributed by atoms with E-state index >= 15 is 0 Å². The summed E-state index contributed by atoms with van der Waals surface area (Å²) in [5.74, 6) is 0.172. The average Bonchev–Trinajstić information content (AvgIpc) is 2.77. The van der Waals surface area contributed by atoms with E-state index in [0.29, 0.717) is 0 Å². The molecular weight excluding hydrogens is 248 g/mol. The van der Waals surface area contributed by atoms with Crippen LogP contribution in [0.15, 0.2) is 33.2 Å². The van der Waals surface area contributed by atoms with Gasteiger partial charge in [-0.05, 0) is 26.8 Å². The lowest BCUT2D eigenvalue weighted by molar-refractivity contribution is 0.0536. The molecule has 1 amide bonds. The molecule has 0 aliphatic heterocycles. The van der Waals surface area contributed by atoms with Crippen molar-refractivity contribution in [3.8, 4) is 0 Å². The van der Waals surface area contributed by atoms with Gasteiger partial charge in [-0.3, -0.25) is 0 Å². The minimum absolute atomic E-state index is 0.0671. The molecule has 0 spiro atoms. The first-order valence-electron chi connectivity index (χ1n) is 5.71. The predicted octanol–water partition coefficient (Wildman–Crippen LogP) is 1.50. The first-order chi connectivity index (χ1) is 8.87. The summed E-state index contributed by atoms with van der Waals surface area (Å²) in [5.41, 5.74) is 5.80. The van der Waals surface area contributed by atoms with Crippen molar-refractivity contribution in [2.45, 2.75) is 26.4 Å². The SMILES string of the molecule is CC(C)(C)OC(=O)NC/C(N)=N/N=C/c1ccoc1. The van der Waals surface area contributed by atoms with Crippen LogP contribution < -0.4 is 11.1 Å². The van der Waals surface area contributed by atoms with Crippen LogP contribution in [0.4, 0.5) is 4.79 Å². The molecule has 1 aromatic rings. The number of carbonyl (C=O) groups is 1. The van der Waals surface area contributed by atoms with Crippen molar-refractivity contribution < 1.29 is 13.9 Å². The highest BCUT2D eigenvalue weighted by Gasteiger charge is 2.15. The summed E-state index contributed by atoms with van der Waals surface area (Å²) in [6, 6.07) is 1.73. The van der Waals surface area contributed by atoms with Gasteiger partial charge in [0.15, 0.2) is 0 Å². The van der Waals surface area contributed by atoms with Gasteiger partial charge in [0, 0.05) is 5.56 Å². The number of ether oxygens (including phenoxy) is 1. The number of nitrogens with two attached hydrogens (primary N) is 1. The van der Waals surface area contributed by atoms with E-state index in [9.17, 15) is 4.79 Å². The number of carbonyl (C=O) groups excluding carboxylic acids is 1. The van der Waals surface area contributed by atoms with Crippen molar-refractivity contribution in [3.63, 3.8) is 0 Å². The Morgan fingerprint density at radius 1 is 1.58 bits per heavy atom. The van der Waals surface area contributed by atoms with Crippen LogP contribution in [0.1, 0.15) is 26.3 Å². The van der Waals surface area contributed by atoms with Gasteiger partial charge in [-0.2, -0.15) is 5.10 Å². The summed E-state index contributed by atoms with van der Waals surface area (Å²) in [6.07, 6.45) is 3.99. The van der Waals surface area contributed by atoms with E-state index in [4.69, 9.17) is 14.9 Å². The molecule has 0 bridgehead atoms. The Kier molecular flexibility index (Phi) is 5.11. The number of rotatable bonds is 4. The summed E-state index contributed by atoms with van der Waals surface area (Å²) in [6.45, 7) is 5.40. The zero-order valence-corrected chi connectivity index (χ0v) is 11.2. The third kappa shape index (κ3) is 6.87. The summed E-state index contributed by atoms with van der Waals surface area (Å²) in [5, 5.41) is 9.94. The van der Waals surface area contributed by atoms with Gasteiger partial charge in [-0.15, -0.1) is 5.10 Å². The molecule has 1 heterocycles. The van der Waals surface area contributed by atoms with E-state index in [1.165, 1.54) is 18.7 Å². The monoisotopic (exact) mass is 266 g/mol. The summed E-state index contributed by atoms with van der Waals surface area (Å²) < 4.78 is 9.89. The molecule has 0 aromatic carbocycles. The van der Waals surface area contributed by atoms with Crippen molar-refractivity contribution in [3.05, 3.63) is 24.2 Å². The molecule has 0 saturated carbocycles. The fourth-order valence-electron chi connectivity index (χ4n) is 1.03. The molecule has 1 aromatic heterocycles. The molecular formula is C12H18N4O3. The van der Waals surface area contributed by atoms with Crippen LogP contribution >= 0.6 is 0 Å². The van der Waals surface area contributed by atoms with Gasteiger partial charge in [0.25, 0.3) is 0 Å². The molecule has 3 N–H and O–H groups in total. The zero-order chi connectivity index (χ0) is 14.3. The number of hydrogen-bond donors (Lipinski definition) is 2. The van der Waals surface area contributed by atoms with Crippen LogP contribution in [-0.4, -0.2) is 30.3 Å². The largest absolute Gasteiger partial charge is 0.472 e. The fourth-order valence-corrected chi connectivity index (χ4v) is 1.03. The third-order valence-corrected chi connectivity index (χ3v) is 1.75. The minimum Gasteiger partial charge on any atom is -0.472 e. The van der Waals surface area contributed by atoms with E-state index < -0.39 is 11.7 Å². The molecule has 0 fully saturated rings. The normalized spacial score (nSPS) is 12.7. The summed E-state index contributed by atoms with van der Waals surface area (Å²) in [4.78, 5) is 11.3. The predicted molar refractivity (Wildman–Crippen MR) is 72.2 cm³/mol. The maximum atomic E-state index is 11.3. The first kappa shape index (κ1) is 14.7. The molecule has 104 valence electrons. The average molecular weight is 266 g/mol. The van der Waals surface area contributed by atoms with Crippen molar-refractivity contribution in [2.75, 3.05) is 6.54 Å². The van der Waals surface area contributed by atoms with Crippen LogP contribution in [0.3, 0.4) is 0 Å². The van der Waals surface area contributed by atoms with Gasteiger partial charge >= 0.3 is 6.09 Å². The molecule has 0 saturated heterocycles. The topological polar surface area (TPSA) is 102 Å². The van der Waals surface area contributed by atoms with E-state index in [-0.39, 0.29) is 12.4 Å². The van der Waals surface area contributed by atoms with Gasteiger partial charge < -0.3 is 20.2 Å². The lowest BCUT2D eigenvalue weighted by Crippen LogP contribution is -2.37. The molecule has 19 heavy (non-hydrogen) atoms. The minimum atomic E-state index is -0.551. The number of hydrogen-bond acceptors (Lipinski definition) is 5. The lowest BCUT2D eigenvalue weighted by atomic mass is 10.2. The number of amidine groups is 1. The number of alkyl carbamates (subject to hydrolysis) is 1. The van der Waals surface area contributed by atoms with Crippen LogP contribution in [0.25, 0.3) is 0 Å². The molecule has 0 aliphatic rings. The number of nitrogens with zero attached hydrogens (tertiary/aromatic N) is 2. The Bertz CT molecular complexity index is 458. The molecule has 7 nitrogen and oxygen atoms in total. The Morgan fingerprint density at radius 2 is 2.32 bits per heavy atom. The highest BCUT2D eigenvalue weighted by atomic mass is 16.6. The molecule has 0 unspecified atom stereocenters. The van der Waals surface area contributed by atoms with Crippen molar-refractivity contribution in [1.82, 2.24) is 5.32 Å². The number of amides is 1. The molecule has 0 atom stereocenters. The Labute approximate surface area is 111 Å². The highest BCUT2D eigenvalue weighted by molar-refractivity contribution is 5.86. The maximum Gasteiger partial charge on any atom is 0.408 e. The second-order valence-electron chi connectivity index (χ2n) is 4.75.